The van der Waals surface area contributed by atoms with E-state index in [-0.39, 0.29) is 11.3 Å². The average Bonchev–Trinajstić information content (AvgIpc) is 2.71. The van der Waals surface area contributed by atoms with Crippen molar-refractivity contribution in [2.24, 2.45) is 23.2 Å². The van der Waals surface area contributed by atoms with Crippen molar-refractivity contribution in [3.63, 3.8) is 0 Å². The topological polar surface area (TPSA) is 46.5 Å². The Bertz CT molecular complexity index is 241. The first-order valence-electron chi connectivity index (χ1n) is 5.35. The summed E-state index contributed by atoms with van der Waals surface area (Å²) in [5, 5.41) is 9.05. The number of carboxylic acid groups (broad SMARTS) is 1. The predicted molar refractivity (Wildman–Crippen MR) is 51.9 cm³/mol. The molecule has 0 aromatic rings. The largest absolute Gasteiger partial charge is 0.481 e. The van der Waals surface area contributed by atoms with E-state index in [0.29, 0.717) is 11.8 Å². The van der Waals surface area contributed by atoms with Gasteiger partial charge in [-0.1, -0.05) is 13.8 Å². The standard InChI is InChI=1S/C11H18O3/c1-11(2)8(9(11)10(12)13)7-4-3-5-14-6-7/h7-9H,3-6H2,1-2H3,(H,12,13)/t7?,8-,9+/m1/s1. The summed E-state index contributed by atoms with van der Waals surface area (Å²) in [6.45, 7) is 5.73. The van der Waals surface area contributed by atoms with Crippen molar-refractivity contribution in [2.75, 3.05) is 13.2 Å². The second-order valence-electron chi connectivity index (χ2n) is 5.14. The zero-order valence-electron chi connectivity index (χ0n) is 8.82. The molecule has 0 bridgehead atoms. The minimum absolute atomic E-state index is 0.0167. The van der Waals surface area contributed by atoms with Crippen LogP contribution in [-0.4, -0.2) is 24.3 Å². The Balaban J connectivity index is 2.02. The fraction of sp³-hybridized carbons (Fsp3) is 0.909. The van der Waals surface area contributed by atoms with Crippen LogP contribution in [0.25, 0.3) is 0 Å². The molecule has 1 aliphatic carbocycles. The van der Waals surface area contributed by atoms with Crippen LogP contribution < -0.4 is 0 Å². The molecule has 3 nitrogen and oxygen atoms in total. The van der Waals surface area contributed by atoms with Crippen LogP contribution in [0.1, 0.15) is 26.7 Å². The lowest BCUT2D eigenvalue weighted by Crippen LogP contribution is -2.21. The van der Waals surface area contributed by atoms with Gasteiger partial charge in [-0.25, -0.2) is 0 Å². The van der Waals surface area contributed by atoms with Crippen molar-refractivity contribution in [1.29, 1.82) is 0 Å². The summed E-state index contributed by atoms with van der Waals surface area (Å²) in [5.41, 5.74) is -0.0167. The van der Waals surface area contributed by atoms with E-state index in [1.807, 2.05) is 0 Å². The van der Waals surface area contributed by atoms with Crippen LogP contribution in [0, 0.1) is 23.2 Å². The first-order chi connectivity index (χ1) is 6.55. The molecule has 2 rings (SSSR count). The van der Waals surface area contributed by atoms with Gasteiger partial charge in [0.05, 0.1) is 5.92 Å². The molecule has 1 heterocycles. The molecule has 2 fully saturated rings. The third-order valence-corrected chi connectivity index (χ3v) is 3.88. The molecule has 0 amide bonds. The summed E-state index contributed by atoms with van der Waals surface area (Å²) in [6, 6.07) is 0. The minimum Gasteiger partial charge on any atom is -0.481 e. The van der Waals surface area contributed by atoms with Crippen molar-refractivity contribution >= 4 is 5.97 Å². The number of carbonyl (C=O) groups is 1. The molecule has 0 aromatic heterocycles. The molecule has 2 aliphatic rings. The monoisotopic (exact) mass is 198 g/mol. The Labute approximate surface area is 84.4 Å². The van der Waals surface area contributed by atoms with Crippen molar-refractivity contribution in [3.05, 3.63) is 0 Å². The van der Waals surface area contributed by atoms with Crippen LogP contribution in [0.3, 0.4) is 0 Å². The Hall–Kier alpha value is -0.570. The van der Waals surface area contributed by atoms with Gasteiger partial charge in [0.15, 0.2) is 0 Å². The second-order valence-corrected chi connectivity index (χ2v) is 5.14. The molecule has 0 aromatic carbocycles. The summed E-state index contributed by atoms with van der Waals surface area (Å²) in [4.78, 5) is 11.0. The van der Waals surface area contributed by atoms with Gasteiger partial charge in [-0.3, -0.25) is 4.79 Å². The number of hydrogen-bond acceptors (Lipinski definition) is 2. The van der Waals surface area contributed by atoms with Crippen molar-refractivity contribution in [1.82, 2.24) is 0 Å². The SMILES string of the molecule is CC1(C)[C@H](C(=O)O)[C@H]1C1CCCOC1. The van der Waals surface area contributed by atoms with E-state index < -0.39 is 5.97 Å². The molecule has 80 valence electrons. The van der Waals surface area contributed by atoms with E-state index in [2.05, 4.69) is 13.8 Å². The lowest BCUT2D eigenvalue weighted by molar-refractivity contribution is -0.139. The first-order valence-corrected chi connectivity index (χ1v) is 5.35. The Kier molecular flexibility index (Phi) is 2.30. The van der Waals surface area contributed by atoms with Crippen LogP contribution in [0.2, 0.25) is 0 Å². The zero-order chi connectivity index (χ0) is 10.3. The van der Waals surface area contributed by atoms with Crippen molar-refractivity contribution < 1.29 is 14.6 Å². The molecular weight excluding hydrogens is 180 g/mol. The van der Waals surface area contributed by atoms with Gasteiger partial charge in [0.1, 0.15) is 0 Å². The van der Waals surface area contributed by atoms with Gasteiger partial charge in [-0.15, -0.1) is 0 Å². The second kappa shape index (κ2) is 3.23. The van der Waals surface area contributed by atoms with Crippen LogP contribution in [0.4, 0.5) is 0 Å². The maximum Gasteiger partial charge on any atom is 0.307 e. The average molecular weight is 198 g/mol. The zero-order valence-corrected chi connectivity index (χ0v) is 8.82. The van der Waals surface area contributed by atoms with Crippen molar-refractivity contribution in [3.8, 4) is 0 Å². The lowest BCUT2D eigenvalue weighted by atomic mass is 9.92. The minimum atomic E-state index is -0.634. The van der Waals surface area contributed by atoms with E-state index in [4.69, 9.17) is 9.84 Å². The number of ether oxygens (including phenoxy) is 1. The quantitative estimate of drug-likeness (QED) is 0.735. The Morgan fingerprint density at radius 3 is 2.64 bits per heavy atom. The summed E-state index contributed by atoms with van der Waals surface area (Å²) >= 11 is 0. The summed E-state index contributed by atoms with van der Waals surface area (Å²) in [5.74, 6) is 0.0277. The van der Waals surface area contributed by atoms with Gasteiger partial charge in [0, 0.05) is 13.2 Å². The smallest absolute Gasteiger partial charge is 0.307 e. The number of rotatable bonds is 2. The highest BCUT2D eigenvalue weighted by atomic mass is 16.5. The van der Waals surface area contributed by atoms with E-state index in [1.165, 1.54) is 0 Å². The van der Waals surface area contributed by atoms with Gasteiger partial charge in [-0.2, -0.15) is 0 Å². The van der Waals surface area contributed by atoms with Gasteiger partial charge in [0.2, 0.25) is 0 Å². The maximum atomic E-state index is 11.0. The van der Waals surface area contributed by atoms with E-state index >= 15 is 0 Å². The summed E-state index contributed by atoms with van der Waals surface area (Å²) in [6.07, 6.45) is 2.22. The van der Waals surface area contributed by atoms with Crippen LogP contribution in [0.15, 0.2) is 0 Å². The molecule has 14 heavy (non-hydrogen) atoms. The third kappa shape index (κ3) is 1.44. The molecule has 0 spiro atoms. The highest BCUT2D eigenvalue weighted by Gasteiger charge is 2.64. The fourth-order valence-corrected chi connectivity index (χ4v) is 3.08. The normalized spacial score (nSPS) is 40.6. The number of aliphatic carboxylic acids is 1. The highest BCUT2D eigenvalue weighted by Crippen LogP contribution is 2.62. The fourth-order valence-electron chi connectivity index (χ4n) is 3.08. The molecule has 1 saturated heterocycles. The van der Waals surface area contributed by atoms with E-state index in [9.17, 15) is 4.79 Å². The van der Waals surface area contributed by atoms with Gasteiger partial charge in [-0.05, 0) is 30.1 Å². The van der Waals surface area contributed by atoms with Crippen LogP contribution in [-0.2, 0) is 9.53 Å². The van der Waals surface area contributed by atoms with E-state index in [1.54, 1.807) is 0 Å². The Morgan fingerprint density at radius 2 is 2.21 bits per heavy atom. The summed E-state index contributed by atoms with van der Waals surface area (Å²) < 4.78 is 5.41. The molecule has 0 radical (unpaired) electrons. The van der Waals surface area contributed by atoms with Gasteiger partial charge < -0.3 is 9.84 Å². The molecule has 1 N–H and O–H groups in total. The van der Waals surface area contributed by atoms with Gasteiger partial charge in [0.25, 0.3) is 0 Å². The highest BCUT2D eigenvalue weighted by molar-refractivity contribution is 5.75. The summed E-state index contributed by atoms with van der Waals surface area (Å²) in [7, 11) is 0. The molecule has 1 unspecified atom stereocenters. The Morgan fingerprint density at radius 1 is 1.50 bits per heavy atom. The molecule has 1 aliphatic heterocycles. The lowest BCUT2D eigenvalue weighted by Gasteiger charge is -2.23. The van der Waals surface area contributed by atoms with Crippen LogP contribution >= 0.6 is 0 Å². The molecule has 3 heteroatoms. The van der Waals surface area contributed by atoms with Crippen molar-refractivity contribution in [2.45, 2.75) is 26.7 Å². The number of carboxylic acids is 1. The van der Waals surface area contributed by atoms with E-state index in [0.717, 1.165) is 26.1 Å². The molecular formula is C11H18O3. The predicted octanol–water partition coefficient (Wildman–Crippen LogP) is 1.77. The number of hydrogen-bond donors (Lipinski definition) is 1. The molecule has 3 atom stereocenters. The molecule has 1 saturated carbocycles. The van der Waals surface area contributed by atoms with Crippen LogP contribution in [0.5, 0.6) is 0 Å². The van der Waals surface area contributed by atoms with Gasteiger partial charge >= 0.3 is 5.97 Å². The maximum absolute atomic E-state index is 11.0. The third-order valence-electron chi connectivity index (χ3n) is 3.88. The first kappa shape index (κ1) is 9.97.